The molecule has 0 unspecified atom stereocenters. The topological polar surface area (TPSA) is 0 Å². The van der Waals surface area contributed by atoms with Gasteiger partial charge in [-0.2, -0.15) is 24.3 Å². The first-order valence-corrected chi connectivity index (χ1v) is 35.8. The van der Waals surface area contributed by atoms with Crippen molar-refractivity contribution in [3.05, 3.63) is 166 Å². The summed E-state index contributed by atoms with van der Waals surface area (Å²) in [5.74, 6) is 1.48. The van der Waals surface area contributed by atoms with Gasteiger partial charge in [0.25, 0.3) is 0 Å². The molecular weight excluding hydrogens is 1260 g/mol. The van der Waals surface area contributed by atoms with Gasteiger partial charge in [0.15, 0.2) is 0 Å². The maximum atomic E-state index is 2.32. The van der Waals surface area contributed by atoms with E-state index in [9.17, 15) is 0 Å². The molecule has 8 rings (SSSR count). The number of hydrogen-bond donors (Lipinski definition) is 0. The summed E-state index contributed by atoms with van der Waals surface area (Å²) in [4.78, 5) is 0. The van der Waals surface area contributed by atoms with E-state index in [4.69, 9.17) is 0 Å². The Kier molecular flexibility index (Phi) is 42.6. The molecule has 0 nitrogen and oxygen atoms in total. The molecule has 0 aliphatic rings. The van der Waals surface area contributed by atoms with Gasteiger partial charge in [-0.3, -0.25) is 0 Å². The smallest absolute Gasteiger partial charge is 1.00 e. The van der Waals surface area contributed by atoms with Crippen molar-refractivity contribution < 1.29 is 123 Å². The summed E-state index contributed by atoms with van der Waals surface area (Å²) in [6.07, 6.45) is 2.36. The number of hydrogen-bond acceptors (Lipinski definition) is 0. The molecule has 0 amide bonds. The van der Waals surface area contributed by atoms with Crippen LogP contribution in [0.5, 0.6) is 0 Å². The van der Waals surface area contributed by atoms with Crippen molar-refractivity contribution in [2.75, 3.05) is 0 Å². The zero-order valence-corrected chi connectivity index (χ0v) is 60.0. The SMILES string of the molecule is C[Si](C)=[Zr+2].C[Si](C)=[Zr+2].Cc1cc2cc(C(C)(C)C)ccc2[cH-]1.Cc1cc2cc(C(C)(C)C)ccc2[cH-]1.Cc1cc2cc(CC(C)C)ccc2[cH-]1.Cc1cc2cc(CC(C)C)ccc2[cH-]1.Cl.Cl.[Cl-].[Cl-].[Cl-].[Cl-].[Zr+4]. The van der Waals surface area contributed by atoms with Gasteiger partial charge in [-0.15, -0.1) is 187 Å². The van der Waals surface area contributed by atoms with Gasteiger partial charge in [0.05, 0.1) is 0 Å². The molecule has 0 aromatic heterocycles. The maximum Gasteiger partial charge on any atom is 4.00 e. The summed E-state index contributed by atoms with van der Waals surface area (Å²) in [5.41, 5.74) is 12.1. The fourth-order valence-electron chi connectivity index (χ4n) is 7.68. The molecule has 0 atom stereocenters. The summed E-state index contributed by atoms with van der Waals surface area (Å²) in [7, 11) is 0. The minimum absolute atomic E-state index is 0. The Hall–Kier alpha value is 0.143. The van der Waals surface area contributed by atoms with E-state index in [1.807, 2.05) is 0 Å². The average Bonchev–Trinajstić information content (AvgIpc) is 3.92. The third kappa shape index (κ3) is 30.0. The first-order chi connectivity index (χ1) is 29.7. The molecule has 0 aliphatic heterocycles. The molecule has 11 heteroatoms. The predicted octanol–water partition coefficient (Wildman–Crippen LogP) is 6.89. The second-order valence-electron chi connectivity index (χ2n) is 21.4. The third-order valence-corrected chi connectivity index (χ3v) is 10.6. The molecule has 0 radical (unpaired) electrons. The molecular formula is C60H82Cl6Si2Zr3. The quantitative estimate of drug-likeness (QED) is 0.133. The van der Waals surface area contributed by atoms with Gasteiger partial charge in [-0.25, -0.2) is 0 Å². The van der Waals surface area contributed by atoms with Crippen molar-refractivity contribution in [1.29, 1.82) is 0 Å². The molecule has 71 heavy (non-hydrogen) atoms. The average molecular weight is 1350 g/mol. The Morgan fingerprint density at radius 3 is 0.831 bits per heavy atom. The van der Waals surface area contributed by atoms with Crippen LogP contribution in [-0.2, 0) is 96.5 Å². The van der Waals surface area contributed by atoms with E-state index in [-0.39, 0.29) is 122 Å². The molecule has 0 fully saturated rings. The van der Waals surface area contributed by atoms with Gasteiger partial charge in [0, 0.05) is 0 Å². The zero-order valence-electron chi connectivity index (χ0n) is 45.9. The van der Waals surface area contributed by atoms with Crippen molar-refractivity contribution in [2.45, 2.75) is 147 Å². The Balaban J connectivity index is -0.000000251. The monoisotopic (exact) mass is 1340 g/mol. The van der Waals surface area contributed by atoms with Crippen molar-refractivity contribution >= 4 is 78.8 Å². The second-order valence-corrected chi connectivity index (χ2v) is 40.2. The first-order valence-electron chi connectivity index (χ1n) is 23.4. The zero-order chi connectivity index (χ0) is 48.1. The van der Waals surface area contributed by atoms with Crippen LogP contribution >= 0.6 is 24.8 Å². The molecule has 8 aromatic carbocycles. The van der Waals surface area contributed by atoms with Crippen LogP contribution < -0.4 is 49.6 Å². The molecule has 0 bridgehead atoms. The van der Waals surface area contributed by atoms with Crippen LogP contribution in [0, 0.1) is 39.5 Å². The molecule has 0 aliphatic carbocycles. The van der Waals surface area contributed by atoms with E-state index in [0.29, 0.717) is 0 Å². The van der Waals surface area contributed by atoms with Crippen LogP contribution in [0.4, 0.5) is 0 Å². The van der Waals surface area contributed by atoms with E-state index < -0.39 is 0 Å². The maximum absolute atomic E-state index is 2.32. The van der Waals surface area contributed by atoms with Crippen LogP contribution in [0.3, 0.4) is 0 Å². The summed E-state index contributed by atoms with van der Waals surface area (Å²) in [6.45, 7) is 40.4. The fraction of sp³-hybridized carbons (Fsp3) is 0.400. The van der Waals surface area contributed by atoms with Crippen LogP contribution in [0.25, 0.3) is 43.1 Å². The largest absolute Gasteiger partial charge is 4.00 e. The summed E-state index contributed by atoms with van der Waals surface area (Å²) < 4.78 is 0. The number of benzene rings is 4. The summed E-state index contributed by atoms with van der Waals surface area (Å²) >= 11 is 3.48. The van der Waals surface area contributed by atoms with Gasteiger partial charge in [-0.1, -0.05) is 119 Å². The number of fused-ring (bicyclic) bond motifs is 4. The summed E-state index contributed by atoms with van der Waals surface area (Å²) in [5, 5.41) is 11.0. The van der Waals surface area contributed by atoms with Gasteiger partial charge in [-0.05, 0) is 35.5 Å². The Morgan fingerprint density at radius 1 is 0.408 bits per heavy atom. The Bertz CT molecular complexity index is 2540. The molecule has 0 N–H and O–H groups in total. The molecule has 0 heterocycles. The standard InChI is InChI=1S/4C14H17.2C2H6Si.6ClH.3Zr/c2*1-10-7-11-5-6-13(14(2,3)4)9-12(11)8-10;2*1-10(2)6-12-4-5-13-7-11(3)8-14(13)9-12;2*1-3-2;;;;;;;;;/h2*5-9H,1-4H3;2*4-5,7-10H,6H2,1-3H3;2*1-2H3;6*1H;;;/q4*-1;;;;;;;;;2*+2;+4/p-4. The number of aryl methyl sites for hydroxylation is 4. The van der Waals surface area contributed by atoms with Crippen LogP contribution in [0.2, 0.25) is 26.2 Å². The normalized spacial score (nSPS) is 10.1. The van der Waals surface area contributed by atoms with Gasteiger partial charge < -0.3 is 49.6 Å². The molecule has 0 spiro atoms. The summed E-state index contributed by atoms with van der Waals surface area (Å²) in [6, 6.07) is 45.2. The number of halogens is 6. The third-order valence-electron chi connectivity index (χ3n) is 10.6. The van der Waals surface area contributed by atoms with Crippen LogP contribution in [-0.4, -0.2) is 10.9 Å². The van der Waals surface area contributed by atoms with E-state index in [2.05, 4.69) is 244 Å². The predicted molar refractivity (Wildman–Crippen MR) is 301 cm³/mol. The molecule has 0 saturated heterocycles. The van der Waals surface area contributed by atoms with E-state index in [1.54, 1.807) is 46.7 Å². The van der Waals surface area contributed by atoms with Crippen LogP contribution in [0.15, 0.2) is 121 Å². The molecule has 0 saturated carbocycles. The minimum Gasteiger partial charge on any atom is -1.00 e. The Labute approximate surface area is 519 Å². The van der Waals surface area contributed by atoms with E-state index in [0.717, 1.165) is 11.8 Å². The van der Waals surface area contributed by atoms with Gasteiger partial charge in [0.1, 0.15) is 0 Å². The minimum atomic E-state index is 0. The van der Waals surface area contributed by atoms with Gasteiger partial charge >= 0.3 is 110 Å². The van der Waals surface area contributed by atoms with Crippen molar-refractivity contribution in [3.8, 4) is 0 Å². The fourth-order valence-corrected chi connectivity index (χ4v) is 7.68. The van der Waals surface area contributed by atoms with Crippen molar-refractivity contribution in [3.63, 3.8) is 0 Å². The van der Waals surface area contributed by atoms with Crippen LogP contribution in [0.1, 0.15) is 114 Å². The first kappa shape index (κ1) is 80.0. The van der Waals surface area contributed by atoms with Crippen molar-refractivity contribution in [1.82, 2.24) is 0 Å². The van der Waals surface area contributed by atoms with E-state index >= 15 is 0 Å². The second kappa shape index (κ2) is 37.8. The Morgan fingerprint density at radius 2 is 0.620 bits per heavy atom. The molecule has 8 aromatic rings. The number of rotatable bonds is 4. The van der Waals surface area contributed by atoms with Gasteiger partial charge in [0.2, 0.25) is 0 Å². The van der Waals surface area contributed by atoms with E-state index in [1.165, 1.54) is 100 Å². The van der Waals surface area contributed by atoms with Crippen molar-refractivity contribution in [2.24, 2.45) is 11.8 Å². The molecule has 384 valence electrons.